The Morgan fingerprint density at radius 1 is 1.24 bits per heavy atom. The highest BCUT2D eigenvalue weighted by molar-refractivity contribution is 6.00. The Hall–Kier alpha value is -1.95. The molecule has 1 unspecified atom stereocenters. The standard InChI is InChI=1S/C15H23N3O3/c1-10-9-18(6-5-17(10)2)15(19)11-7-13(20-3)14(21-4)8-12(11)16/h7-8,10H,5-6,9,16H2,1-4H3. The van der Waals surface area contributed by atoms with E-state index in [9.17, 15) is 4.79 Å². The number of carbonyl (C=O) groups excluding carboxylic acids is 1. The number of anilines is 1. The monoisotopic (exact) mass is 293 g/mol. The van der Waals surface area contributed by atoms with E-state index in [4.69, 9.17) is 15.2 Å². The van der Waals surface area contributed by atoms with Crippen molar-refractivity contribution in [1.29, 1.82) is 0 Å². The number of nitrogens with zero attached hydrogens (tertiary/aromatic N) is 2. The number of nitrogen functional groups attached to an aromatic ring is 1. The summed E-state index contributed by atoms with van der Waals surface area (Å²) >= 11 is 0. The third-order valence-corrected chi connectivity index (χ3v) is 4.03. The van der Waals surface area contributed by atoms with Crippen molar-refractivity contribution < 1.29 is 14.3 Å². The summed E-state index contributed by atoms with van der Waals surface area (Å²) in [6.45, 7) is 4.37. The second-order valence-corrected chi connectivity index (χ2v) is 5.38. The molecule has 1 aromatic rings. The highest BCUT2D eigenvalue weighted by atomic mass is 16.5. The number of benzene rings is 1. The zero-order chi connectivity index (χ0) is 15.6. The molecule has 6 heteroatoms. The summed E-state index contributed by atoms with van der Waals surface area (Å²) in [6.07, 6.45) is 0. The van der Waals surface area contributed by atoms with Crippen molar-refractivity contribution >= 4 is 11.6 Å². The van der Waals surface area contributed by atoms with Crippen LogP contribution in [0.2, 0.25) is 0 Å². The third kappa shape index (κ3) is 3.05. The molecular formula is C15H23N3O3. The van der Waals surface area contributed by atoms with Crippen LogP contribution in [-0.4, -0.2) is 62.7 Å². The van der Waals surface area contributed by atoms with E-state index in [-0.39, 0.29) is 5.91 Å². The Kier molecular flexibility index (Phi) is 4.57. The molecule has 0 aromatic heterocycles. The summed E-state index contributed by atoms with van der Waals surface area (Å²) < 4.78 is 10.4. The zero-order valence-electron chi connectivity index (χ0n) is 13.0. The number of piperazine rings is 1. The van der Waals surface area contributed by atoms with Gasteiger partial charge >= 0.3 is 0 Å². The maximum atomic E-state index is 12.7. The van der Waals surface area contributed by atoms with Gasteiger partial charge in [-0.25, -0.2) is 0 Å². The number of hydrogen-bond donors (Lipinski definition) is 1. The van der Waals surface area contributed by atoms with Crippen LogP contribution in [0, 0.1) is 0 Å². The van der Waals surface area contributed by atoms with Gasteiger partial charge in [0, 0.05) is 37.4 Å². The van der Waals surface area contributed by atoms with Crippen LogP contribution >= 0.6 is 0 Å². The number of nitrogens with two attached hydrogens (primary N) is 1. The van der Waals surface area contributed by atoms with Crippen molar-refractivity contribution in [2.45, 2.75) is 13.0 Å². The van der Waals surface area contributed by atoms with E-state index >= 15 is 0 Å². The van der Waals surface area contributed by atoms with Crippen molar-refractivity contribution in [1.82, 2.24) is 9.80 Å². The van der Waals surface area contributed by atoms with Crippen molar-refractivity contribution in [3.63, 3.8) is 0 Å². The Morgan fingerprint density at radius 3 is 2.43 bits per heavy atom. The van der Waals surface area contributed by atoms with Crippen molar-refractivity contribution in [3.05, 3.63) is 17.7 Å². The van der Waals surface area contributed by atoms with Crippen LogP contribution in [0.1, 0.15) is 17.3 Å². The summed E-state index contributed by atoms with van der Waals surface area (Å²) in [5, 5.41) is 0. The predicted molar refractivity (Wildman–Crippen MR) is 82.0 cm³/mol. The summed E-state index contributed by atoms with van der Waals surface area (Å²) in [4.78, 5) is 16.7. The second-order valence-electron chi connectivity index (χ2n) is 5.38. The molecule has 2 rings (SSSR count). The number of rotatable bonds is 3. The average molecular weight is 293 g/mol. The maximum Gasteiger partial charge on any atom is 0.256 e. The first kappa shape index (κ1) is 15.4. The molecule has 2 N–H and O–H groups in total. The van der Waals surface area contributed by atoms with Gasteiger partial charge in [0.1, 0.15) is 0 Å². The number of likely N-dealkylation sites (N-methyl/N-ethyl adjacent to an activating group) is 1. The topological polar surface area (TPSA) is 68.0 Å². The Balaban J connectivity index is 2.27. The SMILES string of the molecule is COc1cc(N)c(C(=O)N2CCN(C)C(C)C2)cc1OC. The summed E-state index contributed by atoms with van der Waals surface area (Å²) in [7, 11) is 5.15. The molecule has 1 atom stereocenters. The lowest BCUT2D eigenvalue weighted by Crippen LogP contribution is -2.52. The molecule has 0 aliphatic carbocycles. The number of methoxy groups -OCH3 is 2. The quantitative estimate of drug-likeness (QED) is 0.844. The van der Waals surface area contributed by atoms with Crippen LogP contribution in [0.4, 0.5) is 5.69 Å². The molecule has 6 nitrogen and oxygen atoms in total. The van der Waals surface area contributed by atoms with Crippen LogP contribution in [-0.2, 0) is 0 Å². The summed E-state index contributed by atoms with van der Waals surface area (Å²) in [5.41, 5.74) is 6.87. The van der Waals surface area contributed by atoms with E-state index in [1.807, 2.05) is 4.90 Å². The fourth-order valence-electron chi connectivity index (χ4n) is 2.48. The van der Waals surface area contributed by atoms with Gasteiger partial charge in [0.15, 0.2) is 11.5 Å². The molecule has 1 heterocycles. The maximum absolute atomic E-state index is 12.7. The van der Waals surface area contributed by atoms with Gasteiger partial charge in [-0.3, -0.25) is 4.79 Å². The van der Waals surface area contributed by atoms with Gasteiger partial charge in [-0.05, 0) is 20.0 Å². The minimum Gasteiger partial charge on any atom is -0.493 e. The molecule has 1 fully saturated rings. The van der Waals surface area contributed by atoms with E-state index < -0.39 is 0 Å². The van der Waals surface area contributed by atoms with E-state index in [2.05, 4.69) is 18.9 Å². The third-order valence-electron chi connectivity index (χ3n) is 4.03. The van der Waals surface area contributed by atoms with Gasteiger partial charge in [0.05, 0.1) is 19.8 Å². The smallest absolute Gasteiger partial charge is 0.256 e. The Morgan fingerprint density at radius 2 is 1.86 bits per heavy atom. The number of hydrogen-bond acceptors (Lipinski definition) is 5. The number of amides is 1. The van der Waals surface area contributed by atoms with Gasteiger partial charge < -0.3 is 25.0 Å². The molecule has 116 valence electrons. The van der Waals surface area contributed by atoms with E-state index in [1.54, 1.807) is 26.4 Å². The summed E-state index contributed by atoms with van der Waals surface area (Å²) in [6, 6.07) is 3.62. The molecule has 0 bridgehead atoms. The van der Waals surface area contributed by atoms with Crippen molar-refractivity contribution in [2.24, 2.45) is 0 Å². The van der Waals surface area contributed by atoms with Gasteiger partial charge in [0.25, 0.3) is 5.91 Å². The largest absolute Gasteiger partial charge is 0.493 e. The molecular weight excluding hydrogens is 270 g/mol. The fourth-order valence-corrected chi connectivity index (χ4v) is 2.48. The van der Waals surface area contributed by atoms with Crippen LogP contribution < -0.4 is 15.2 Å². The lowest BCUT2D eigenvalue weighted by atomic mass is 10.1. The molecule has 21 heavy (non-hydrogen) atoms. The minimum absolute atomic E-state index is 0.0617. The first-order valence-corrected chi connectivity index (χ1v) is 6.99. The minimum atomic E-state index is -0.0617. The average Bonchev–Trinajstić information content (AvgIpc) is 2.49. The molecule has 1 aliphatic rings. The predicted octanol–water partition coefficient (Wildman–Crippen LogP) is 1.06. The van der Waals surface area contributed by atoms with Gasteiger partial charge in [0.2, 0.25) is 0 Å². The lowest BCUT2D eigenvalue weighted by Gasteiger charge is -2.37. The Labute approximate surface area is 125 Å². The molecule has 0 saturated carbocycles. The highest BCUT2D eigenvalue weighted by Gasteiger charge is 2.27. The normalized spacial score (nSPS) is 19.4. The molecule has 1 amide bonds. The van der Waals surface area contributed by atoms with Crippen molar-refractivity contribution in [3.8, 4) is 11.5 Å². The number of ether oxygens (including phenoxy) is 2. The molecule has 0 radical (unpaired) electrons. The van der Waals surface area contributed by atoms with Crippen LogP contribution in [0.15, 0.2) is 12.1 Å². The van der Waals surface area contributed by atoms with Gasteiger partial charge in [-0.1, -0.05) is 0 Å². The second kappa shape index (κ2) is 6.22. The fraction of sp³-hybridized carbons (Fsp3) is 0.533. The van der Waals surface area contributed by atoms with Crippen LogP contribution in [0.5, 0.6) is 11.5 Å². The lowest BCUT2D eigenvalue weighted by molar-refractivity contribution is 0.0573. The van der Waals surface area contributed by atoms with Crippen molar-refractivity contribution in [2.75, 3.05) is 46.6 Å². The van der Waals surface area contributed by atoms with E-state index in [0.717, 1.165) is 6.54 Å². The van der Waals surface area contributed by atoms with Gasteiger partial charge in [-0.15, -0.1) is 0 Å². The number of carbonyl (C=O) groups is 1. The van der Waals surface area contributed by atoms with Crippen LogP contribution in [0.25, 0.3) is 0 Å². The molecule has 1 aliphatic heterocycles. The zero-order valence-corrected chi connectivity index (χ0v) is 13.0. The first-order valence-electron chi connectivity index (χ1n) is 6.99. The van der Waals surface area contributed by atoms with E-state index in [0.29, 0.717) is 41.9 Å². The first-order chi connectivity index (χ1) is 9.97. The molecule has 1 aromatic carbocycles. The molecule has 1 saturated heterocycles. The summed E-state index contributed by atoms with van der Waals surface area (Å²) in [5.74, 6) is 0.976. The van der Waals surface area contributed by atoms with E-state index in [1.165, 1.54) is 0 Å². The van der Waals surface area contributed by atoms with Gasteiger partial charge in [-0.2, -0.15) is 0 Å². The Bertz CT molecular complexity index is 533. The highest BCUT2D eigenvalue weighted by Crippen LogP contribution is 2.32. The van der Waals surface area contributed by atoms with Crippen LogP contribution in [0.3, 0.4) is 0 Å². The molecule has 0 spiro atoms.